The summed E-state index contributed by atoms with van der Waals surface area (Å²) in [6.45, 7) is 1.40. The van der Waals surface area contributed by atoms with Crippen molar-refractivity contribution >= 4 is 39.4 Å². The fourth-order valence-corrected chi connectivity index (χ4v) is 4.04. The van der Waals surface area contributed by atoms with Crippen LogP contribution in [-0.4, -0.2) is 48.2 Å². The summed E-state index contributed by atoms with van der Waals surface area (Å²) in [4.78, 5) is 26.0. The molecule has 1 amide bonds. The lowest BCUT2D eigenvalue weighted by Crippen LogP contribution is -2.45. The van der Waals surface area contributed by atoms with Gasteiger partial charge in [-0.25, -0.2) is 0 Å². The van der Waals surface area contributed by atoms with Crippen molar-refractivity contribution < 1.29 is 19.4 Å². The first kappa shape index (κ1) is 15.8. The first-order valence-corrected chi connectivity index (χ1v) is 8.16. The highest BCUT2D eigenvalue weighted by molar-refractivity contribution is 9.10. The van der Waals surface area contributed by atoms with Gasteiger partial charge in [0.1, 0.15) is 0 Å². The second-order valence-corrected chi connectivity index (χ2v) is 7.12. The van der Waals surface area contributed by atoms with E-state index >= 15 is 0 Å². The fourth-order valence-electron chi connectivity index (χ4n) is 3.29. The van der Waals surface area contributed by atoms with Crippen molar-refractivity contribution in [3.63, 3.8) is 0 Å². The fraction of sp³-hybridized carbons (Fsp3) is 0.467. The standard InChI is InChI=1S/C15H15BrClNO4/c16-10-1-2-11(12(17)5-10)13(19)18-6-9-7-22-4-3-15(9,8-18)14(20)21/h1-2,5,9H,3-4,6-8H2,(H,20,21)/t9-,15+/m0/s1. The van der Waals surface area contributed by atoms with Gasteiger partial charge in [0, 0.05) is 30.1 Å². The Bertz CT molecular complexity index is 638. The summed E-state index contributed by atoms with van der Waals surface area (Å²) in [5, 5.41) is 9.99. The monoisotopic (exact) mass is 387 g/mol. The summed E-state index contributed by atoms with van der Waals surface area (Å²) in [5.41, 5.74) is -0.500. The molecule has 0 radical (unpaired) electrons. The molecule has 2 heterocycles. The topological polar surface area (TPSA) is 66.8 Å². The van der Waals surface area contributed by atoms with Crippen LogP contribution in [0.15, 0.2) is 22.7 Å². The molecule has 0 aliphatic carbocycles. The molecule has 1 aromatic carbocycles. The number of rotatable bonds is 2. The van der Waals surface area contributed by atoms with Crippen LogP contribution in [0.1, 0.15) is 16.8 Å². The number of halogens is 2. The second-order valence-electron chi connectivity index (χ2n) is 5.79. The number of ether oxygens (including phenoxy) is 1. The predicted octanol–water partition coefficient (Wildman–Crippen LogP) is 2.67. The lowest BCUT2D eigenvalue weighted by atomic mass is 9.74. The van der Waals surface area contributed by atoms with Crippen LogP contribution in [0.5, 0.6) is 0 Å². The molecule has 0 saturated carbocycles. The van der Waals surface area contributed by atoms with Crippen molar-refractivity contribution in [3.8, 4) is 0 Å². The van der Waals surface area contributed by atoms with Crippen molar-refractivity contribution in [2.24, 2.45) is 11.3 Å². The largest absolute Gasteiger partial charge is 0.481 e. The first-order chi connectivity index (χ1) is 10.4. The van der Waals surface area contributed by atoms with Gasteiger partial charge in [0.2, 0.25) is 0 Å². The molecule has 0 unspecified atom stereocenters. The first-order valence-electron chi connectivity index (χ1n) is 6.99. The van der Waals surface area contributed by atoms with Gasteiger partial charge in [-0.15, -0.1) is 0 Å². The maximum Gasteiger partial charge on any atom is 0.311 e. The van der Waals surface area contributed by atoms with E-state index in [1.165, 1.54) is 0 Å². The molecule has 5 nitrogen and oxygen atoms in total. The summed E-state index contributed by atoms with van der Waals surface area (Å²) in [6.07, 6.45) is 0.435. The Morgan fingerprint density at radius 1 is 1.45 bits per heavy atom. The molecule has 2 saturated heterocycles. The zero-order chi connectivity index (χ0) is 15.9. The van der Waals surface area contributed by atoms with Crippen LogP contribution in [0.2, 0.25) is 5.02 Å². The van der Waals surface area contributed by atoms with Crippen molar-refractivity contribution in [1.29, 1.82) is 0 Å². The van der Waals surface area contributed by atoms with Gasteiger partial charge in [0.15, 0.2) is 0 Å². The molecular weight excluding hydrogens is 374 g/mol. The minimum atomic E-state index is -0.893. The average molecular weight is 389 g/mol. The normalized spacial score (nSPS) is 27.5. The maximum absolute atomic E-state index is 12.7. The molecule has 0 spiro atoms. The smallest absolute Gasteiger partial charge is 0.311 e. The second kappa shape index (κ2) is 5.83. The Kier molecular flexibility index (Phi) is 4.18. The zero-order valence-corrected chi connectivity index (χ0v) is 14.1. The number of fused-ring (bicyclic) bond motifs is 1. The van der Waals surface area contributed by atoms with Gasteiger partial charge in [0.25, 0.3) is 5.91 Å². The Hall–Kier alpha value is -1.11. The maximum atomic E-state index is 12.7. The molecule has 2 fully saturated rings. The van der Waals surface area contributed by atoms with Crippen molar-refractivity contribution in [2.75, 3.05) is 26.3 Å². The Morgan fingerprint density at radius 3 is 2.86 bits per heavy atom. The van der Waals surface area contributed by atoms with Gasteiger partial charge in [-0.3, -0.25) is 9.59 Å². The van der Waals surface area contributed by atoms with Gasteiger partial charge in [-0.2, -0.15) is 0 Å². The number of likely N-dealkylation sites (tertiary alicyclic amines) is 1. The molecule has 3 rings (SSSR count). The average Bonchev–Trinajstić information content (AvgIpc) is 2.87. The van der Waals surface area contributed by atoms with E-state index in [2.05, 4.69) is 15.9 Å². The third kappa shape index (κ3) is 2.53. The van der Waals surface area contributed by atoms with Crippen LogP contribution in [0, 0.1) is 11.3 Å². The van der Waals surface area contributed by atoms with Crippen LogP contribution in [-0.2, 0) is 9.53 Å². The van der Waals surface area contributed by atoms with Crippen LogP contribution in [0.25, 0.3) is 0 Å². The SMILES string of the molecule is O=C(c1ccc(Br)cc1Cl)N1C[C@H]2COCC[C@@]2(C(=O)O)C1. The molecule has 1 N–H and O–H groups in total. The van der Waals surface area contributed by atoms with Gasteiger partial charge < -0.3 is 14.7 Å². The summed E-state index contributed by atoms with van der Waals surface area (Å²) in [6, 6.07) is 5.06. The molecule has 0 aromatic heterocycles. The van der Waals surface area contributed by atoms with Crippen LogP contribution < -0.4 is 0 Å². The Balaban J connectivity index is 1.87. The van der Waals surface area contributed by atoms with E-state index in [-0.39, 0.29) is 18.4 Å². The van der Waals surface area contributed by atoms with E-state index in [9.17, 15) is 14.7 Å². The lowest BCUT2D eigenvalue weighted by molar-refractivity contribution is -0.157. The number of aliphatic carboxylic acids is 1. The number of amides is 1. The minimum absolute atomic E-state index is 0.170. The number of carbonyl (C=O) groups excluding carboxylic acids is 1. The van der Waals surface area contributed by atoms with Crippen LogP contribution >= 0.6 is 27.5 Å². The Morgan fingerprint density at radius 2 is 2.23 bits per heavy atom. The Labute approximate surface area is 141 Å². The number of carbonyl (C=O) groups is 2. The summed E-state index contributed by atoms with van der Waals surface area (Å²) in [7, 11) is 0. The number of carboxylic acid groups (broad SMARTS) is 1. The highest BCUT2D eigenvalue weighted by Crippen LogP contribution is 2.43. The zero-order valence-electron chi connectivity index (χ0n) is 11.7. The van der Waals surface area contributed by atoms with Crippen molar-refractivity contribution in [1.82, 2.24) is 4.90 Å². The number of hydrogen-bond acceptors (Lipinski definition) is 3. The number of nitrogens with zero attached hydrogens (tertiary/aromatic N) is 1. The lowest BCUT2D eigenvalue weighted by Gasteiger charge is -2.33. The van der Waals surface area contributed by atoms with E-state index in [4.69, 9.17) is 16.3 Å². The summed E-state index contributed by atoms with van der Waals surface area (Å²) >= 11 is 9.44. The molecule has 118 valence electrons. The van der Waals surface area contributed by atoms with Crippen molar-refractivity contribution in [2.45, 2.75) is 6.42 Å². The number of benzene rings is 1. The molecule has 0 bridgehead atoms. The number of carboxylic acids is 1. The van der Waals surface area contributed by atoms with E-state index < -0.39 is 11.4 Å². The van der Waals surface area contributed by atoms with Gasteiger partial charge in [-0.1, -0.05) is 27.5 Å². The number of hydrogen-bond donors (Lipinski definition) is 1. The molecular formula is C15H15BrClNO4. The van der Waals surface area contributed by atoms with E-state index in [1.54, 1.807) is 23.1 Å². The van der Waals surface area contributed by atoms with E-state index in [0.717, 1.165) is 4.47 Å². The van der Waals surface area contributed by atoms with Crippen molar-refractivity contribution in [3.05, 3.63) is 33.3 Å². The molecule has 22 heavy (non-hydrogen) atoms. The van der Waals surface area contributed by atoms with Gasteiger partial charge in [-0.05, 0) is 24.6 Å². The predicted molar refractivity (Wildman–Crippen MR) is 84.1 cm³/mol. The minimum Gasteiger partial charge on any atom is -0.481 e. The highest BCUT2D eigenvalue weighted by atomic mass is 79.9. The third-order valence-electron chi connectivity index (χ3n) is 4.58. The quantitative estimate of drug-likeness (QED) is 0.846. The molecule has 7 heteroatoms. The van der Waals surface area contributed by atoms with Crippen LogP contribution in [0.4, 0.5) is 0 Å². The van der Waals surface area contributed by atoms with E-state index in [1.807, 2.05) is 0 Å². The third-order valence-corrected chi connectivity index (χ3v) is 5.39. The van der Waals surface area contributed by atoms with Gasteiger partial charge in [0.05, 0.1) is 22.6 Å². The van der Waals surface area contributed by atoms with Gasteiger partial charge >= 0.3 is 5.97 Å². The molecule has 2 atom stereocenters. The summed E-state index contributed by atoms with van der Waals surface area (Å²) < 4.78 is 6.19. The van der Waals surface area contributed by atoms with Crippen LogP contribution in [0.3, 0.4) is 0 Å². The molecule has 2 aliphatic rings. The van der Waals surface area contributed by atoms with E-state index in [0.29, 0.717) is 36.8 Å². The molecule has 2 aliphatic heterocycles. The molecule has 1 aromatic rings. The summed E-state index contributed by atoms with van der Waals surface area (Å²) in [5.74, 6) is -1.25. The highest BCUT2D eigenvalue weighted by Gasteiger charge is 2.55.